The van der Waals surface area contributed by atoms with E-state index in [2.05, 4.69) is 42.8 Å². The smallest absolute Gasteiger partial charge is 0.322 e. The van der Waals surface area contributed by atoms with Crippen molar-refractivity contribution < 1.29 is 14.1 Å². The van der Waals surface area contributed by atoms with Crippen molar-refractivity contribution in [2.45, 2.75) is 0 Å². The fourth-order valence-electron chi connectivity index (χ4n) is 1.76. The molecule has 8 heteroatoms. The highest BCUT2D eigenvalue weighted by molar-refractivity contribution is 9.10. The Bertz CT molecular complexity index is 688. The standard InChI is InChI=1S/C15H15BrN4O3/c1-2-8-20(10-14(21)18-13-7-9-23-19-13)15(22)17-12-6-4-3-5-11(12)16/h2-7,9H,1,8,10H2,(H,17,22)(H,18,19,21). The van der Waals surface area contributed by atoms with E-state index in [1.807, 2.05) is 12.1 Å². The SMILES string of the molecule is C=CCN(CC(=O)Nc1ccon1)C(=O)Nc1ccccc1Br. The second kappa shape index (κ2) is 8.14. The summed E-state index contributed by atoms with van der Waals surface area (Å²) in [5.41, 5.74) is 0.614. The molecule has 23 heavy (non-hydrogen) atoms. The molecule has 3 amide bonds. The van der Waals surface area contributed by atoms with Gasteiger partial charge in [0.25, 0.3) is 0 Å². The summed E-state index contributed by atoms with van der Waals surface area (Å²) in [4.78, 5) is 25.6. The van der Waals surface area contributed by atoms with Gasteiger partial charge in [-0.1, -0.05) is 23.4 Å². The van der Waals surface area contributed by atoms with Crippen molar-refractivity contribution in [3.05, 3.63) is 53.7 Å². The molecule has 2 aromatic rings. The molecule has 2 rings (SSSR count). The van der Waals surface area contributed by atoms with Gasteiger partial charge in [-0.25, -0.2) is 4.79 Å². The van der Waals surface area contributed by atoms with Crippen LogP contribution in [0.15, 0.2) is 58.2 Å². The van der Waals surface area contributed by atoms with E-state index in [0.717, 1.165) is 4.47 Å². The van der Waals surface area contributed by atoms with Crippen LogP contribution < -0.4 is 10.6 Å². The van der Waals surface area contributed by atoms with Gasteiger partial charge in [0.1, 0.15) is 12.8 Å². The van der Waals surface area contributed by atoms with E-state index in [-0.39, 0.29) is 19.0 Å². The van der Waals surface area contributed by atoms with Gasteiger partial charge in [-0.15, -0.1) is 6.58 Å². The number of rotatable bonds is 6. The average Bonchev–Trinajstić information content (AvgIpc) is 3.02. The summed E-state index contributed by atoms with van der Waals surface area (Å²) in [5, 5.41) is 8.85. The molecule has 0 saturated carbocycles. The normalized spacial score (nSPS) is 9.96. The number of nitrogens with one attached hydrogen (secondary N) is 2. The summed E-state index contributed by atoms with van der Waals surface area (Å²) in [6, 6.07) is 8.31. The van der Waals surface area contributed by atoms with Crippen molar-refractivity contribution in [2.24, 2.45) is 0 Å². The summed E-state index contributed by atoms with van der Waals surface area (Å²) >= 11 is 3.35. The Morgan fingerprint density at radius 3 is 2.74 bits per heavy atom. The molecule has 120 valence electrons. The third kappa shape index (κ3) is 4.96. The molecule has 0 saturated heterocycles. The van der Waals surface area contributed by atoms with Crippen LogP contribution in [0.1, 0.15) is 0 Å². The van der Waals surface area contributed by atoms with Gasteiger partial charge in [0.05, 0.1) is 5.69 Å². The number of nitrogens with zero attached hydrogens (tertiary/aromatic N) is 2. The number of halogens is 1. The third-order valence-electron chi connectivity index (χ3n) is 2.79. The fraction of sp³-hybridized carbons (Fsp3) is 0.133. The van der Waals surface area contributed by atoms with Crippen molar-refractivity contribution in [2.75, 3.05) is 23.7 Å². The molecule has 0 aliphatic heterocycles. The average molecular weight is 379 g/mol. The topological polar surface area (TPSA) is 87.5 Å². The maximum atomic E-state index is 12.3. The molecule has 0 fully saturated rings. The second-order valence-corrected chi connectivity index (χ2v) is 5.37. The minimum absolute atomic E-state index is 0.144. The number of aromatic nitrogens is 1. The highest BCUT2D eigenvalue weighted by Crippen LogP contribution is 2.21. The van der Waals surface area contributed by atoms with Crippen LogP contribution in [0.4, 0.5) is 16.3 Å². The van der Waals surface area contributed by atoms with E-state index < -0.39 is 6.03 Å². The number of benzene rings is 1. The lowest BCUT2D eigenvalue weighted by Crippen LogP contribution is -2.40. The lowest BCUT2D eigenvalue weighted by molar-refractivity contribution is -0.116. The predicted molar refractivity (Wildman–Crippen MR) is 90.1 cm³/mol. The summed E-state index contributed by atoms with van der Waals surface area (Å²) in [5.74, 6) is -0.0946. The van der Waals surface area contributed by atoms with E-state index in [1.165, 1.54) is 17.2 Å². The first kappa shape index (κ1) is 16.8. The molecule has 0 radical (unpaired) electrons. The number of hydrogen-bond donors (Lipinski definition) is 2. The summed E-state index contributed by atoms with van der Waals surface area (Å²) in [6.07, 6.45) is 2.89. The van der Waals surface area contributed by atoms with Crippen molar-refractivity contribution in [3.63, 3.8) is 0 Å². The molecule has 2 N–H and O–H groups in total. The summed E-state index contributed by atoms with van der Waals surface area (Å²) < 4.78 is 5.38. The van der Waals surface area contributed by atoms with E-state index in [4.69, 9.17) is 0 Å². The fourth-order valence-corrected chi connectivity index (χ4v) is 2.15. The monoisotopic (exact) mass is 378 g/mol. The summed E-state index contributed by atoms with van der Waals surface area (Å²) in [6.45, 7) is 3.68. The number of anilines is 2. The lowest BCUT2D eigenvalue weighted by atomic mass is 10.3. The molecule has 7 nitrogen and oxygen atoms in total. The quantitative estimate of drug-likeness (QED) is 0.755. The molecule has 0 aliphatic rings. The van der Waals surface area contributed by atoms with Crippen LogP contribution in [0.5, 0.6) is 0 Å². The first-order chi connectivity index (χ1) is 11.1. The zero-order valence-electron chi connectivity index (χ0n) is 12.2. The number of carbonyl (C=O) groups is 2. The Labute approximate surface area is 141 Å². The van der Waals surface area contributed by atoms with Gasteiger partial charge < -0.3 is 20.1 Å². The first-order valence-corrected chi connectivity index (χ1v) is 7.51. The van der Waals surface area contributed by atoms with Crippen LogP contribution in [0.25, 0.3) is 0 Å². The molecule has 1 aromatic heterocycles. The zero-order valence-corrected chi connectivity index (χ0v) is 13.7. The van der Waals surface area contributed by atoms with E-state index >= 15 is 0 Å². The van der Waals surface area contributed by atoms with Crippen molar-refractivity contribution >= 4 is 39.4 Å². The van der Waals surface area contributed by atoms with Crippen molar-refractivity contribution in [1.29, 1.82) is 0 Å². The minimum Gasteiger partial charge on any atom is -0.363 e. The largest absolute Gasteiger partial charge is 0.363 e. The number of hydrogen-bond acceptors (Lipinski definition) is 4. The Morgan fingerprint density at radius 2 is 2.09 bits per heavy atom. The van der Waals surface area contributed by atoms with E-state index in [1.54, 1.807) is 18.2 Å². The van der Waals surface area contributed by atoms with Gasteiger partial charge in [0.15, 0.2) is 5.82 Å². The van der Waals surface area contributed by atoms with Gasteiger partial charge in [0, 0.05) is 17.1 Å². The molecular formula is C15H15BrN4O3. The Hall–Kier alpha value is -2.61. The van der Waals surface area contributed by atoms with E-state index in [9.17, 15) is 9.59 Å². The van der Waals surface area contributed by atoms with Crippen LogP contribution in [-0.2, 0) is 4.79 Å². The van der Waals surface area contributed by atoms with Crippen molar-refractivity contribution in [1.82, 2.24) is 10.1 Å². The number of amides is 3. The van der Waals surface area contributed by atoms with Crippen LogP contribution in [0.2, 0.25) is 0 Å². The zero-order chi connectivity index (χ0) is 16.7. The molecule has 0 unspecified atom stereocenters. The lowest BCUT2D eigenvalue weighted by Gasteiger charge is -2.21. The second-order valence-electron chi connectivity index (χ2n) is 4.51. The molecule has 0 aliphatic carbocycles. The first-order valence-electron chi connectivity index (χ1n) is 6.71. The molecule has 0 atom stereocenters. The maximum absolute atomic E-state index is 12.3. The van der Waals surface area contributed by atoms with Crippen LogP contribution in [-0.4, -0.2) is 35.1 Å². The van der Waals surface area contributed by atoms with Crippen molar-refractivity contribution in [3.8, 4) is 0 Å². The summed E-state index contributed by atoms with van der Waals surface area (Å²) in [7, 11) is 0. The molecule has 0 bridgehead atoms. The maximum Gasteiger partial charge on any atom is 0.322 e. The predicted octanol–water partition coefficient (Wildman–Crippen LogP) is 3.10. The van der Waals surface area contributed by atoms with Gasteiger partial charge in [-0.2, -0.15) is 0 Å². The minimum atomic E-state index is -0.410. The molecule has 1 aromatic carbocycles. The molecular weight excluding hydrogens is 364 g/mol. The Kier molecular flexibility index (Phi) is 5.93. The Balaban J connectivity index is 1.99. The van der Waals surface area contributed by atoms with E-state index in [0.29, 0.717) is 11.5 Å². The molecule has 1 heterocycles. The van der Waals surface area contributed by atoms with Crippen LogP contribution >= 0.6 is 15.9 Å². The number of urea groups is 1. The van der Waals surface area contributed by atoms with Gasteiger partial charge in [-0.3, -0.25) is 4.79 Å². The van der Waals surface area contributed by atoms with Gasteiger partial charge in [-0.05, 0) is 28.1 Å². The number of carbonyl (C=O) groups excluding carboxylic acids is 2. The van der Waals surface area contributed by atoms with Gasteiger partial charge >= 0.3 is 6.03 Å². The van der Waals surface area contributed by atoms with Crippen LogP contribution in [0, 0.1) is 0 Å². The van der Waals surface area contributed by atoms with Crippen LogP contribution in [0.3, 0.4) is 0 Å². The highest BCUT2D eigenvalue weighted by atomic mass is 79.9. The number of para-hydroxylation sites is 1. The third-order valence-corrected chi connectivity index (χ3v) is 3.48. The highest BCUT2D eigenvalue weighted by Gasteiger charge is 2.17. The Morgan fingerprint density at radius 1 is 1.30 bits per heavy atom. The van der Waals surface area contributed by atoms with Gasteiger partial charge in [0.2, 0.25) is 5.91 Å². The molecule has 0 spiro atoms.